The van der Waals surface area contributed by atoms with Crippen LogP contribution in [0.2, 0.25) is 0 Å². The van der Waals surface area contributed by atoms with Gasteiger partial charge in [0.2, 0.25) is 0 Å². The molecule has 3 atom stereocenters. The molecular weight excluding hydrogens is 508 g/mol. The number of hydrogen-bond donors (Lipinski definition) is 1. The van der Waals surface area contributed by atoms with Gasteiger partial charge in [0, 0.05) is 0 Å². The van der Waals surface area contributed by atoms with Crippen molar-refractivity contribution < 1.29 is 33.6 Å². The molecule has 7 heteroatoms. The third-order valence-electron chi connectivity index (χ3n) is 7.96. The number of carbonyl (C=O) groups excluding carboxylic acids is 2. The van der Waals surface area contributed by atoms with Crippen LogP contribution in [0.5, 0.6) is 5.75 Å². The number of aromatic hydroxyl groups is 1. The molecule has 2 aliphatic rings. The van der Waals surface area contributed by atoms with Gasteiger partial charge in [-0.1, -0.05) is 59.1 Å². The van der Waals surface area contributed by atoms with Gasteiger partial charge in [-0.3, -0.25) is 9.59 Å². The minimum Gasteiger partial charge on any atom is -0.508 e. The van der Waals surface area contributed by atoms with Crippen LogP contribution in [0.3, 0.4) is 0 Å². The summed E-state index contributed by atoms with van der Waals surface area (Å²) in [5.74, 6) is 0.650. The van der Waals surface area contributed by atoms with Crippen LogP contribution in [0.1, 0.15) is 125 Å². The minimum absolute atomic E-state index is 0.125. The first-order valence-electron chi connectivity index (χ1n) is 15.2. The van der Waals surface area contributed by atoms with Crippen LogP contribution in [0.4, 0.5) is 0 Å². The van der Waals surface area contributed by atoms with Crippen LogP contribution in [0.25, 0.3) is 0 Å². The van der Waals surface area contributed by atoms with Gasteiger partial charge in [0.25, 0.3) is 0 Å². The lowest BCUT2D eigenvalue weighted by atomic mass is 9.91. The van der Waals surface area contributed by atoms with Gasteiger partial charge in [0.1, 0.15) is 18.5 Å². The van der Waals surface area contributed by atoms with E-state index in [-0.39, 0.29) is 29.6 Å². The first kappa shape index (κ1) is 35.9. The number of hydrogen-bond acceptors (Lipinski definition) is 7. The predicted octanol–water partition coefficient (Wildman–Crippen LogP) is 7.93. The zero-order chi connectivity index (χ0) is 30.3. The van der Waals surface area contributed by atoms with Gasteiger partial charge in [-0.25, -0.2) is 0 Å². The molecule has 0 aromatic heterocycles. The molecule has 2 fully saturated rings. The molecule has 0 amide bonds. The standard InChI is InChI=1S/C14H26O3.C10H14O.C9H16O3/c1-5-14(3,4)13(15)17-11(2)16-12-9-7-6-8-10-12;1-3-8(2)9-4-6-10(11)7-5-9;1-4-9(2,3)8(10)12-6-7-5-11-7/h11-12H,5-10H2,1-4H3;4-8,11H,3H2,1-2H3;7H,4-6H2,1-3H3. The molecule has 40 heavy (non-hydrogen) atoms. The Morgan fingerprint density at radius 1 is 0.925 bits per heavy atom. The maximum atomic E-state index is 11.8. The summed E-state index contributed by atoms with van der Waals surface area (Å²) in [5.41, 5.74) is 0.532. The van der Waals surface area contributed by atoms with Gasteiger partial charge in [-0.15, -0.1) is 0 Å². The molecule has 3 unspecified atom stereocenters. The summed E-state index contributed by atoms with van der Waals surface area (Å²) in [4.78, 5) is 23.2. The molecule has 1 aliphatic carbocycles. The van der Waals surface area contributed by atoms with Crippen molar-refractivity contribution in [1.29, 1.82) is 0 Å². The normalized spacial score (nSPS) is 18.7. The van der Waals surface area contributed by atoms with Crippen molar-refractivity contribution in [3.8, 4) is 5.75 Å². The molecule has 3 rings (SSSR count). The quantitative estimate of drug-likeness (QED) is 0.166. The Labute approximate surface area is 243 Å². The monoisotopic (exact) mass is 564 g/mol. The number of rotatable bonds is 11. The van der Waals surface area contributed by atoms with E-state index in [0.29, 0.717) is 18.3 Å². The van der Waals surface area contributed by atoms with E-state index < -0.39 is 11.7 Å². The Morgan fingerprint density at radius 3 is 1.93 bits per heavy atom. The Morgan fingerprint density at radius 2 is 1.45 bits per heavy atom. The van der Waals surface area contributed by atoms with Crippen LogP contribution in [0.15, 0.2) is 24.3 Å². The summed E-state index contributed by atoms with van der Waals surface area (Å²) in [6, 6.07) is 7.43. The molecule has 230 valence electrons. The molecule has 1 N–H and O–H groups in total. The highest BCUT2D eigenvalue weighted by atomic mass is 16.7. The van der Waals surface area contributed by atoms with Gasteiger partial charge in [0.15, 0.2) is 6.29 Å². The smallest absolute Gasteiger partial charge is 0.313 e. The predicted molar refractivity (Wildman–Crippen MR) is 159 cm³/mol. The van der Waals surface area contributed by atoms with E-state index in [1.807, 2.05) is 60.6 Å². The molecule has 7 nitrogen and oxygen atoms in total. The van der Waals surface area contributed by atoms with E-state index >= 15 is 0 Å². The van der Waals surface area contributed by atoms with Crippen molar-refractivity contribution in [3.05, 3.63) is 29.8 Å². The Bertz CT molecular complexity index is 852. The maximum Gasteiger partial charge on any atom is 0.313 e. The molecule has 1 heterocycles. The van der Waals surface area contributed by atoms with Crippen LogP contribution in [-0.2, 0) is 28.5 Å². The zero-order valence-electron chi connectivity index (χ0n) is 26.6. The zero-order valence-corrected chi connectivity index (χ0v) is 26.6. The lowest BCUT2D eigenvalue weighted by Crippen LogP contribution is -2.32. The van der Waals surface area contributed by atoms with Crippen LogP contribution in [0, 0.1) is 10.8 Å². The number of phenols is 1. The number of phenolic OH excluding ortho intramolecular Hbond substituents is 1. The van der Waals surface area contributed by atoms with Crippen molar-refractivity contribution in [2.75, 3.05) is 13.2 Å². The second-order valence-electron chi connectivity index (χ2n) is 12.3. The summed E-state index contributed by atoms with van der Waals surface area (Å²) in [6.07, 6.45) is 8.70. The Balaban J connectivity index is 0.000000309. The van der Waals surface area contributed by atoms with Gasteiger partial charge < -0.3 is 24.1 Å². The topological polar surface area (TPSA) is 94.6 Å². The van der Waals surface area contributed by atoms with Crippen LogP contribution >= 0.6 is 0 Å². The average molecular weight is 565 g/mol. The molecular formula is C33H56O7. The molecule has 1 aromatic rings. The largest absolute Gasteiger partial charge is 0.508 e. The average Bonchev–Trinajstić information content (AvgIpc) is 3.77. The molecule has 1 aromatic carbocycles. The van der Waals surface area contributed by atoms with Gasteiger partial charge in [-0.2, -0.15) is 0 Å². The molecule has 0 bridgehead atoms. The molecule has 1 saturated carbocycles. The van der Waals surface area contributed by atoms with Crippen LogP contribution in [-0.4, -0.2) is 48.8 Å². The molecule has 1 saturated heterocycles. The SMILES string of the molecule is CCC(C)(C)C(=O)OC(C)OC1CCCCC1.CCC(C)(C)C(=O)OCC1CO1.CCC(C)c1ccc(O)cc1. The second-order valence-corrected chi connectivity index (χ2v) is 12.3. The lowest BCUT2D eigenvalue weighted by molar-refractivity contribution is -0.196. The minimum atomic E-state index is -0.420. The fourth-order valence-electron chi connectivity index (χ4n) is 3.67. The Hall–Kier alpha value is -2.12. The number of benzene rings is 1. The number of esters is 2. The first-order valence-corrected chi connectivity index (χ1v) is 15.2. The number of ether oxygens (including phenoxy) is 4. The Kier molecular flexibility index (Phi) is 15.8. The summed E-state index contributed by atoms with van der Waals surface area (Å²) < 4.78 is 21.1. The number of carbonyl (C=O) groups is 2. The van der Waals surface area contributed by atoms with E-state index in [9.17, 15) is 9.59 Å². The van der Waals surface area contributed by atoms with Crippen molar-refractivity contribution in [2.45, 2.75) is 138 Å². The van der Waals surface area contributed by atoms with E-state index in [4.69, 9.17) is 24.1 Å². The third kappa shape index (κ3) is 14.0. The van der Waals surface area contributed by atoms with E-state index in [0.717, 1.165) is 38.7 Å². The highest BCUT2D eigenvalue weighted by Gasteiger charge is 2.31. The first-order chi connectivity index (χ1) is 18.7. The van der Waals surface area contributed by atoms with E-state index in [2.05, 4.69) is 13.8 Å². The van der Waals surface area contributed by atoms with Gasteiger partial charge in [-0.05, 0) is 90.3 Å². The number of epoxide rings is 1. The summed E-state index contributed by atoms with van der Waals surface area (Å²) >= 11 is 0. The fraction of sp³-hybridized carbons (Fsp3) is 0.758. The molecule has 0 radical (unpaired) electrons. The highest BCUT2D eigenvalue weighted by Crippen LogP contribution is 2.25. The highest BCUT2D eigenvalue weighted by molar-refractivity contribution is 5.76. The summed E-state index contributed by atoms with van der Waals surface area (Å²) in [6.45, 7) is 18.9. The van der Waals surface area contributed by atoms with Gasteiger partial charge in [0.05, 0.1) is 23.5 Å². The summed E-state index contributed by atoms with van der Waals surface area (Å²) in [5, 5.41) is 9.01. The second kappa shape index (κ2) is 17.6. The van der Waals surface area contributed by atoms with Crippen molar-refractivity contribution >= 4 is 11.9 Å². The van der Waals surface area contributed by atoms with Crippen molar-refractivity contribution in [1.82, 2.24) is 0 Å². The van der Waals surface area contributed by atoms with Crippen molar-refractivity contribution in [3.63, 3.8) is 0 Å². The van der Waals surface area contributed by atoms with Crippen molar-refractivity contribution in [2.24, 2.45) is 10.8 Å². The lowest BCUT2D eigenvalue weighted by Gasteiger charge is -2.28. The summed E-state index contributed by atoms with van der Waals surface area (Å²) in [7, 11) is 0. The van der Waals surface area contributed by atoms with Crippen LogP contribution < -0.4 is 0 Å². The molecule has 0 spiro atoms. The van der Waals surface area contributed by atoms with E-state index in [1.54, 1.807) is 12.1 Å². The molecule has 1 aliphatic heterocycles. The fourth-order valence-corrected chi connectivity index (χ4v) is 3.67. The third-order valence-corrected chi connectivity index (χ3v) is 7.96. The maximum absolute atomic E-state index is 11.8. The van der Waals surface area contributed by atoms with Gasteiger partial charge >= 0.3 is 11.9 Å². The van der Waals surface area contributed by atoms with E-state index in [1.165, 1.54) is 24.8 Å².